The zero-order valence-electron chi connectivity index (χ0n) is 12.4. The van der Waals surface area contributed by atoms with Crippen LogP contribution in [0.15, 0.2) is 23.1 Å². The minimum atomic E-state index is -3.93. The summed E-state index contributed by atoms with van der Waals surface area (Å²) in [6.07, 6.45) is 0. The van der Waals surface area contributed by atoms with Crippen LogP contribution >= 0.6 is 0 Å². The molecule has 21 heavy (non-hydrogen) atoms. The number of carbonyl (C=O) groups is 2. The lowest BCUT2D eigenvalue weighted by Gasteiger charge is -2.11. The van der Waals surface area contributed by atoms with Crippen molar-refractivity contribution < 1.29 is 18.0 Å². The van der Waals surface area contributed by atoms with Crippen LogP contribution in [-0.4, -0.2) is 26.3 Å². The molecule has 2 amide bonds. The lowest BCUT2D eigenvalue weighted by atomic mass is 10.2. The highest BCUT2D eigenvalue weighted by atomic mass is 32.2. The Morgan fingerprint density at radius 1 is 1.10 bits per heavy atom. The molecule has 0 atom stereocenters. The van der Waals surface area contributed by atoms with Gasteiger partial charge in [-0.05, 0) is 39.3 Å². The predicted octanol–water partition coefficient (Wildman–Crippen LogP) is 0.138. The maximum atomic E-state index is 12.1. The van der Waals surface area contributed by atoms with Gasteiger partial charge in [-0.25, -0.2) is 8.42 Å². The maximum absolute atomic E-state index is 12.1. The first-order chi connectivity index (χ1) is 9.63. The molecular formula is C13H19N3O4S. The first-order valence-electron chi connectivity index (χ1n) is 6.33. The van der Waals surface area contributed by atoms with Gasteiger partial charge in [-0.15, -0.1) is 4.83 Å². The van der Waals surface area contributed by atoms with Gasteiger partial charge in [-0.2, -0.15) is 0 Å². The van der Waals surface area contributed by atoms with Crippen molar-refractivity contribution in [1.82, 2.24) is 15.6 Å². The summed E-state index contributed by atoms with van der Waals surface area (Å²) in [5.74, 6) is -1.98. The molecule has 0 unspecified atom stereocenters. The van der Waals surface area contributed by atoms with Gasteiger partial charge in [0.2, 0.25) is 0 Å². The Morgan fingerprint density at radius 2 is 1.71 bits per heavy atom. The Kier molecular flexibility index (Phi) is 5.45. The first kappa shape index (κ1) is 17.1. The molecule has 7 nitrogen and oxygen atoms in total. The van der Waals surface area contributed by atoms with Gasteiger partial charge >= 0.3 is 11.8 Å². The van der Waals surface area contributed by atoms with E-state index in [2.05, 4.69) is 5.32 Å². The number of rotatable bonds is 4. The zero-order chi connectivity index (χ0) is 16.2. The quantitative estimate of drug-likeness (QED) is 0.543. The summed E-state index contributed by atoms with van der Waals surface area (Å²) in [5.41, 5.74) is 3.35. The highest BCUT2D eigenvalue weighted by Gasteiger charge is 2.20. The van der Waals surface area contributed by atoms with E-state index in [9.17, 15) is 18.0 Å². The fourth-order valence-electron chi connectivity index (χ4n) is 1.65. The highest BCUT2D eigenvalue weighted by molar-refractivity contribution is 7.89. The lowest BCUT2D eigenvalue weighted by molar-refractivity contribution is -0.139. The molecule has 0 fully saturated rings. The number of aryl methyl sites for hydroxylation is 2. The molecule has 1 aromatic rings. The number of hydrazine groups is 1. The van der Waals surface area contributed by atoms with Gasteiger partial charge in [0.25, 0.3) is 10.0 Å². The molecular weight excluding hydrogens is 294 g/mol. The lowest BCUT2D eigenvalue weighted by Crippen LogP contribution is -2.49. The van der Waals surface area contributed by atoms with E-state index in [0.717, 1.165) is 5.56 Å². The van der Waals surface area contributed by atoms with Crippen molar-refractivity contribution in [3.8, 4) is 0 Å². The summed E-state index contributed by atoms with van der Waals surface area (Å²) in [6.45, 7) is 6.86. The summed E-state index contributed by atoms with van der Waals surface area (Å²) >= 11 is 0. The number of amides is 2. The number of carbonyl (C=O) groups excluding carboxylic acids is 2. The van der Waals surface area contributed by atoms with Crippen LogP contribution in [0.25, 0.3) is 0 Å². The number of nitrogens with one attached hydrogen (secondary N) is 3. The van der Waals surface area contributed by atoms with Crippen LogP contribution < -0.4 is 15.6 Å². The van der Waals surface area contributed by atoms with E-state index >= 15 is 0 Å². The van der Waals surface area contributed by atoms with E-state index < -0.39 is 21.8 Å². The Morgan fingerprint density at radius 3 is 2.24 bits per heavy atom. The fourth-order valence-corrected chi connectivity index (χ4v) is 2.72. The summed E-state index contributed by atoms with van der Waals surface area (Å²) in [4.78, 5) is 24.7. The normalized spacial score (nSPS) is 11.3. The Labute approximate surface area is 124 Å². The molecule has 0 radical (unpaired) electrons. The predicted molar refractivity (Wildman–Crippen MR) is 77.7 cm³/mol. The van der Waals surface area contributed by atoms with Crippen LogP contribution in [0.2, 0.25) is 0 Å². The minimum absolute atomic E-state index is 0.0395. The van der Waals surface area contributed by atoms with Crippen molar-refractivity contribution in [1.29, 1.82) is 0 Å². The first-order valence-corrected chi connectivity index (χ1v) is 7.81. The molecule has 8 heteroatoms. The van der Waals surface area contributed by atoms with Crippen molar-refractivity contribution in [3.63, 3.8) is 0 Å². The van der Waals surface area contributed by atoms with Crippen LogP contribution in [0.4, 0.5) is 0 Å². The third kappa shape index (κ3) is 4.83. The third-order valence-corrected chi connectivity index (χ3v) is 3.95. The average molecular weight is 313 g/mol. The Hall–Kier alpha value is -1.93. The molecule has 0 aromatic heterocycles. The van der Waals surface area contributed by atoms with Gasteiger partial charge in [0, 0.05) is 6.04 Å². The molecule has 0 spiro atoms. The van der Waals surface area contributed by atoms with Crippen LogP contribution in [0.1, 0.15) is 25.0 Å². The molecule has 0 heterocycles. The number of sulfonamides is 1. The molecule has 116 valence electrons. The van der Waals surface area contributed by atoms with E-state index in [0.29, 0.717) is 5.56 Å². The molecule has 0 aliphatic carbocycles. The number of hydrogen-bond acceptors (Lipinski definition) is 4. The van der Waals surface area contributed by atoms with Crippen LogP contribution in [0, 0.1) is 13.8 Å². The number of hydrogen-bond donors (Lipinski definition) is 3. The molecule has 3 N–H and O–H groups in total. The summed E-state index contributed by atoms with van der Waals surface area (Å²) < 4.78 is 24.1. The van der Waals surface area contributed by atoms with Gasteiger partial charge in [-0.3, -0.25) is 15.0 Å². The van der Waals surface area contributed by atoms with Gasteiger partial charge < -0.3 is 5.32 Å². The van der Waals surface area contributed by atoms with E-state index in [1.807, 2.05) is 17.2 Å². The van der Waals surface area contributed by atoms with Crippen LogP contribution in [-0.2, 0) is 19.6 Å². The van der Waals surface area contributed by atoms with Crippen molar-refractivity contribution >= 4 is 21.8 Å². The van der Waals surface area contributed by atoms with Gasteiger partial charge in [0.05, 0.1) is 4.90 Å². The zero-order valence-corrected chi connectivity index (χ0v) is 13.2. The van der Waals surface area contributed by atoms with Crippen LogP contribution in [0.3, 0.4) is 0 Å². The minimum Gasteiger partial charge on any atom is -0.346 e. The molecule has 0 saturated carbocycles. The van der Waals surface area contributed by atoms with Gasteiger partial charge in [0.15, 0.2) is 0 Å². The summed E-state index contributed by atoms with van der Waals surface area (Å²) in [6, 6.07) is 4.57. The average Bonchev–Trinajstić information content (AvgIpc) is 2.34. The summed E-state index contributed by atoms with van der Waals surface area (Å²) in [7, 11) is -3.93. The van der Waals surface area contributed by atoms with Crippen molar-refractivity contribution in [3.05, 3.63) is 29.3 Å². The topological polar surface area (TPSA) is 104 Å². The third-order valence-electron chi connectivity index (χ3n) is 2.54. The molecule has 0 bridgehead atoms. The SMILES string of the molecule is Cc1ccc(S(=O)(=O)NNC(=O)C(=O)NC(C)C)c(C)c1. The standard InChI is InChI=1S/C13H19N3O4S/c1-8(2)14-12(17)13(18)15-16-21(19,20)11-6-5-9(3)7-10(11)4/h5-8,16H,1-4H3,(H,14,17)(H,15,18). The second kappa shape index (κ2) is 6.68. The second-order valence-corrected chi connectivity index (χ2v) is 6.61. The molecule has 0 saturated heterocycles. The Balaban J connectivity index is 2.78. The monoisotopic (exact) mass is 313 g/mol. The second-order valence-electron chi connectivity index (χ2n) is 4.96. The van der Waals surface area contributed by atoms with Gasteiger partial charge in [0.1, 0.15) is 0 Å². The fraction of sp³-hybridized carbons (Fsp3) is 0.385. The summed E-state index contributed by atoms with van der Waals surface area (Å²) in [5, 5.41) is 2.35. The molecule has 1 rings (SSSR count). The molecule has 1 aromatic carbocycles. The molecule has 0 aliphatic heterocycles. The highest BCUT2D eigenvalue weighted by Crippen LogP contribution is 2.15. The van der Waals surface area contributed by atoms with E-state index in [-0.39, 0.29) is 10.9 Å². The molecule has 0 aliphatic rings. The van der Waals surface area contributed by atoms with Crippen molar-refractivity contribution in [2.75, 3.05) is 0 Å². The maximum Gasteiger partial charge on any atom is 0.324 e. The van der Waals surface area contributed by atoms with E-state index in [4.69, 9.17) is 0 Å². The van der Waals surface area contributed by atoms with Crippen LogP contribution in [0.5, 0.6) is 0 Å². The number of benzene rings is 1. The largest absolute Gasteiger partial charge is 0.346 e. The van der Waals surface area contributed by atoms with Crippen molar-refractivity contribution in [2.24, 2.45) is 0 Å². The van der Waals surface area contributed by atoms with E-state index in [1.165, 1.54) is 6.07 Å². The Bertz CT molecular complexity index is 653. The smallest absolute Gasteiger partial charge is 0.324 e. The van der Waals surface area contributed by atoms with Crippen molar-refractivity contribution in [2.45, 2.75) is 38.6 Å². The van der Waals surface area contributed by atoms with Gasteiger partial charge in [-0.1, -0.05) is 17.7 Å². The van der Waals surface area contributed by atoms with E-state index in [1.54, 1.807) is 32.9 Å².